The van der Waals surface area contributed by atoms with Gasteiger partial charge in [-0.3, -0.25) is 0 Å². The van der Waals surface area contributed by atoms with Crippen LogP contribution in [-0.2, 0) is 9.16 Å². The smallest absolute Gasteiger partial charge is 0.192 e. The Balaban J connectivity index is 2.36. The van der Waals surface area contributed by atoms with Crippen LogP contribution in [0.3, 0.4) is 0 Å². The maximum Gasteiger partial charge on any atom is 0.192 e. The van der Waals surface area contributed by atoms with E-state index in [2.05, 4.69) is 60.7 Å². The molecule has 1 aliphatic rings. The molecule has 0 aromatic carbocycles. The molecule has 0 aromatic heterocycles. The molecule has 0 amide bonds. The minimum Gasteiger partial charge on any atom is -0.414 e. The summed E-state index contributed by atoms with van der Waals surface area (Å²) in [7, 11) is -1.63. The Morgan fingerprint density at radius 2 is 1.89 bits per heavy atom. The van der Waals surface area contributed by atoms with Crippen molar-refractivity contribution >= 4 is 8.32 Å². The Hall–Kier alpha value is -0.123. The number of rotatable bonds is 6. The van der Waals surface area contributed by atoms with Crippen LogP contribution in [-0.4, -0.2) is 26.6 Å². The highest BCUT2D eigenvalue weighted by molar-refractivity contribution is 6.74. The Kier molecular flexibility index (Phi) is 5.08. The predicted molar refractivity (Wildman–Crippen MR) is 85.1 cm³/mol. The highest BCUT2D eigenvalue weighted by atomic mass is 28.4. The van der Waals surface area contributed by atoms with Crippen molar-refractivity contribution in [1.82, 2.24) is 0 Å². The first-order valence-corrected chi connectivity index (χ1v) is 10.3. The summed E-state index contributed by atoms with van der Waals surface area (Å²) in [6.07, 6.45) is 4.80. The second-order valence-electron chi connectivity index (χ2n) is 7.81. The maximum atomic E-state index is 6.24. The molecule has 1 rings (SSSR count). The van der Waals surface area contributed by atoms with Gasteiger partial charge in [-0.15, -0.1) is 0 Å². The molecular weight excluding hydrogens is 252 g/mol. The third-order valence-corrected chi connectivity index (χ3v) is 9.13. The van der Waals surface area contributed by atoms with E-state index in [0.29, 0.717) is 6.10 Å². The first kappa shape index (κ1) is 16.9. The number of epoxide rings is 1. The topological polar surface area (TPSA) is 21.8 Å². The molecule has 1 heterocycles. The van der Waals surface area contributed by atoms with Crippen LogP contribution in [0.25, 0.3) is 0 Å². The normalized spacial score (nSPS) is 27.3. The zero-order valence-corrected chi connectivity index (χ0v) is 15.1. The Morgan fingerprint density at radius 3 is 2.37 bits per heavy atom. The van der Waals surface area contributed by atoms with Crippen molar-refractivity contribution in [3.63, 3.8) is 0 Å². The lowest BCUT2D eigenvalue weighted by Gasteiger charge is -2.36. The van der Waals surface area contributed by atoms with Gasteiger partial charge in [0.05, 0.1) is 12.2 Å². The molecule has 0 N–H and O–H groups in total. The average molecular weight is 285 g/mol. The summed E-state index contributed by atoms with van der Waals surface area (Å²) in [5.74, 6) is 0. The van der Waals surface area contributed by atoms with E-state index in [1.807, 2.05) is 0 Å². The van der Waals surface area contributed by atoms with Crippen molar-refractivity contribution < 1.29 is 9.16 Å². The number of hydrogen-bond acceptors (Lipinski definition) is 2. The molecule has 0 saturated carbocycles. The van der Waals surface area contributed by atoms with Crippen molar-refractivity contribution in [3.8, 4) is 0 Å². The molecule has 2 atom stereocenters. The molecule has 1 saturated heterocycles. The lowest BCUT2D eigenvalue weighted by Crippen LogP contribution is -2.42. The van der Waals surface area contributed by atoms with Crippen molar-refractivity contribution in [1.29, 1.82) is 0 Å². The van der Waals surface area contributed by atoms with Gasteiger partial charge in [0.15, 0.2) is 8.32 Å². The van der Waals surface area contributed by atoms with Crippen molar-refractivity contribution in [2.45, 2.75) is 84.2 Å². The van der Waals surface area contributed by atoms with E-state index in [4.69, 9.17) is 9.16 Å². The first-order chi connectivity index (χ1) is 8.48. The lowest BCUT2D eigenvalue weighted by atomic mass is 10.0. The summed E-state index contributed by atoms with van der Waals surface area (Å²) in [6, 6.07) is 0. The highest BCUT2D eigenvalue weighted by Crippen LogP contribution is 2.43. The first-order valence-electron chi connectivity index (χ1n) is 7.43. The molecule has 0 aromatic rings. The standard InChI is InChI=1S/C16H32O2Si/c1-13(2)10-9-11-16(6)14(18-16)12-17-19(7,8)15(3,4)5/h10,14H,9,11-12H2,1-8H3/t14-,16-/m0/s1. The van der Waals surface area contributed by atoms with Crippen LogP contribution in [0, 0.1) is 0 Å². The molecule has 19 heavy (non-hydrogen) atoms. The molecule has 1 aliphatic heterocycles. The molecule has 0 radical (unpaired) electrons. The second-order valence-corrected chi connectivity index (χ2v) is 12.6. The molecule has 2 nitrogen and oxygen atoms in total. The molecular formula is C16H32O2Si. The van der Waals surface area contributed by atoms with Crippen LogP contribution in [0.1, 0.15) is 54.4 Å². The zero-order valence-electron chi connectivity index (χ0n) is 14.1. The zero-order chi connectivity index (χ0) is 14.9. The third kappa shape index (κ3) is 4.73. The van der Waals surface area contributed by atoms with Crippen molar-refractivity contribution in [3.05, 3.63) is 11.6 Å². The van der Waals surface area contributed by atoms with Crippen LogP contribution >= 0.6 is 0 Å². The summed E-state index contributed by atoms with van der Waals surface area (Å²) in [5, 5.41) is 0.278. The largest absolute Gasteiger partial charge is 0.414 e. The van der Waals surface area contributed by atoms with E-state index in [-0.39, 0.29) is 10.6 Å². The van der Waals surface area contributed by atoms with Crippen LogP contribution in [0.5, 0.6) is 0 Å². The van der Waals surface area contributed by atoms with Gasteiger partial charge in [0.25, 0.3) is 0 Å². The fraction of sp³-hybridized carbons (Fsp3) is 0.875. The molecule has 0 spiro atoms. The minimum atomic E-state index is -1.63. The van der Waals surface area contributed by atoms with Crippen molar-refractivity contribution in [2.24, 2.45) is 0 Å². The Bertz CT molecular complexity index is 337. The average Bonchev–Trinajstić information content (AvgIpc) is 2.84. The monoisotopic (exact) mass is 284 g/mol. The van der Waals surface area contributed by atoms with Crippen molar-refractivity contribution in [2.75, 3.05) is 6.61 Å². The van der Waals surface area contributed by atoms with E-state index in [1.165, 1.54) is 5.57 Å². The van der Waals surface area contributed by atoms with Crippen LogP contribution < -0.4 is 0 Å². The molecule has 1 fully saturated rings. The van der Waals surface area contributed by atoms with E-state index < -0.39 is 8.32 Å². The van der Waals surface area contributed by atoms with Gasteiger partial charge < -0.3 is 9.16 Å². The van der Waals surface area contributed by atoms with E-state index in [0.717, 1.165) is 19.4 Å². The van der Waals surface area contributed by atoms with Crippen LogP contribution in [0.15, 0.2) is 11.6 Å². The fourth-order valence-electron chi connectivity index (χ4n) is 1.87. The Morgan fingerprint density at radius 1 is 1.32 bits per heavy atom. The van der Waals surface area contributed by atoms with Gasteiger partial charge in [0.2, 0.25) is 0 Å². The summed E-state index contributed by atoms with van der Waals surface area (Å²) >= 11 is 0. The number of hydrogen-bond donors (Lipinski definition) is 0. The summed E-state index contributed by atoms with van der Waals surface area (Å²) < 4.78 is 12.1. The van der Waals surface area contributed by atoms with E-state index >= 15 is 0 Å². The van der Waals surface area contributed by atoms with Crippen LogP contribution in [0.2, 0.25) is 18.1 Å². The van der Waals surface area contributed by atoms with Gasteiger partial charge in [-0.2, -0.15) is 0 Å². The second kappa shape index (κ2) is 5.70. The van der Waals surface area contributed by atoms with Gasteiger partial charge in [-0.1, -0.05) is 32.4 Å². The third-order valence-electron chi connectivity index (χ3n) is 4.63. The molecule has 112 valence electrons. The summed E-state index contributed by atoms with van der Waals surface area (Å²) in [4.78, 5) is 0. The quantitative estimate of drug-likeness (QED) is 0.392. The van der Waals surface area contributed by atoms with Gasteiger partial charge in [0.1, 0.15) is 6.10 Å². The lowest BCUT2D eigenvalue weighted by molar-refractivity contribution is 0.235. The van der Waals surface area contributed by atoms with E-state index in [9.17, 15) is 0 Å². The number of ether oxygens (including phenoxy) is 1. The minimum absolute atomic E-state index is 0.0499. The van der Waals surface area contributed by atoms with Crippen LogP contribution in [0.4, 0.5) is 0 Å². The summed E-state index contributed by atoms with van der Waals surface area (Å²) in [5.41, 5.74) is 1.44. The molecule has 3 heteroatoms. The van der Waals surface area contributed by atoms with Gasteiger partial charge in [-0.05, 0) is 51.7 Å². The highest BCUT2D eigenvalue weighted by Gasteiger charge is 2.52. The molecule has 0 bridgehead atoms. The maximum absolute atomic E-state index is 6.24. The predicted octanol–water partition coefficient (Wildman–Crippen LogP) is 4.91. The van der Waals surface area contributed by atoms with Gasteiger partial charge >= 0.3 is 0 Å². The Labute approximate surface area is 120 Å². The SMILES string of the molecule is CC(C)=CCC[C@]1(C)O[C@H]1CO[Si](C)(C)C(C)(C)C. The summed E-state index contributed by atoms with van der Waals surface area (Å²) in [6.45, 7) is 18.7. The van der Waals surface area contributed by atoms with Gasteiger partial charge in [-0.25, -0.2) is 0 Å². The number of allylic oxidation sites excluding steroid dienone is 2. The van der Waals surface area contributed by atoms with E-state index in [1.54, 1.807) is 0 Å². The molecule has 0 unspecified atom stereocenters. The molecule has 0 aliphatic carbocycles. The van der Waals surface area contributed by atoms with Gasteiger partial charge in [0, 0.05) is 0 Å². The fourth-order valence-corrected chi connectivity index (χ4v) is 2.87.